The van der Waals surface area contributed by atoms with E-state index < -0.39 is 0 Å². The maximum atomic E-state index is 11.1. The SMILES string of the molecule is CC(c1ccccc1)c1cccc(-c2cc(-c3[c-]c(N(c4cc(C(C)(C)C)cc(C(C)(C)C)c4)c4ccccn4)cc(C(C)(C)C)c3)nc(-c3ccccc3O)c2)c1.[Pt]. The molecule has 2 heterocycles. The molecule has 0 radical (unpaired) electrons. The van der Waals surface area contributed by atoms with Gasteiger partial charge in [0, 0.05) is 44.4 Å². The summed E-state index contributed by atoms with van der Waals surface area (Å²) < 4.78 is 0. The standard InChI is InChI=1S/C54H56N3O.Pt/c1-36(37-19-12-11-13-20-37)38-21-18-22-39(27-38)40-30-48(56-49(31-40)47-23-14-15-24-50(47)58)41-28-42(52(2,3)4)33-45(29-41)57(51-25-16-17-26-55-51)46-34-43(53(5,6)7)32-44(35-46)54(8,9)10;/h11-28,30-36,58H,1-10H3;/q-1;. The fraction of sp³-hybridized carbons (Fsp3) is 0.259. The van der Waals surface area contributed by atoms with Crippen molar-refractivity contribution in [1.29, 1.82) is 0 Å². The molecular formula is C54H56N3OPt-. The molecule has 5 heteroatoms. The largest absolute Gasteiger partial charge is 0.507 e. The number of aromatic nitrogens is 2. The molecule has 0 fully saturated rings. The molecular weight excluding hydrogens is 902 g/mol. The quantitative estimate of drug-likeness (QED) is 0.154. The molecule has 0 amide bonds. The van der Waals surface area contributed by atoms with E-state index >= 15 is 0 Å². The first kappa shape index (κ1) is 43.3. The molecule has 5 aromatic carbocycles. The number of nitrogens with zero attached hydrogens (tertiary/aromatic N) is 3. The molecule has 4 nitrogen and oxygen atoms in total. The zero-order chi connectivity index (χ0) is 41.4. The van der Waals surface area contributed by atoms with E-state index in [0.717, 1.165) is 45.1 Å². The van der Waals surface area contributed by atoms with Crippen molar-refractivity contribution in [3.63, 3.8) is 0 Å². The summed E-state index contributed by atoms with van der Waals surface area (Å²) >= 11 is 0. The van der Waals surface area contributed by atoms with Crippen LogP contribution in [0.2, 0.25) is 0 Å². The van der Waals surface area contributed by atoms with Gasteiger partial charge in [0.15, 0.2) is 0 Å². The molecule has 0 aliphatic rings. The van der Waals surface area contributed by atoms with Crippen molar-refractivity contribution in [2.24, 2.45) is 0 Å². The number of hydrogen-bond acceptors (Lipinski definition) is 4. The third kappa shape index (κ3) is 9.77. The zero-order valence-electron chi connectivity index (χ0n) is 36.0. The number of hydrogen-bond donors (Lipinski definition) is 1. The van der Waals surface area contributed by atoms with Gasteiger partial charge in [-0.15, -0.1) is 29.3 Å². The molecule has 1 atom stereocenters. The predicted molar refractivity (Wildman–Crippen MR) is 244 cm³/mol. The van der Waals surface area contributed by atoms with Crippen LogP contribution in [0.25, 0.3) is 33.6 Å². The molecule has 0 bridgehead atoms. The number of phenolic OH excluding ortho intramolecular Hbond substituents is 1. The first-order valence-electron chi connectivity index (χ1n) is 20.4. The second-order valence-electron chi connectivity index (χ2n) is 18.6. The van der Waals surface area contributed by atoms with Crippen LogP contribution in [0.4, 0.5) is 17.2 Å². The molecule has 2 aromatic heterocycles. The molecule has 0 saturated carbocycles. The average molecular weight is 958 g/mol. The Bertz CT molecular complexity index is 2510. The normalized spacial score (nSPS) is 12.4. The Kier molecular flexibility index (Phi) is 12.6. The molecule has 0 aliphatic heterocycles. The Labute approximate surface area is 366 Å². The number of aromatic hydroxyl groups is 1. The van der Waals surface area contributed by atoms with Crippen molar-refractivity contribution >= 4 is 17.2 Å². The molecule has 59 heavy (non-hydrogen) atoms. The molecule has 0 saturated heterocycles. The van der Waals surface area contributed by atoms with Gasteiger partial charge in [-0.2, -0.15) is 0 Å². The van der Waals surface area contributed by atoms with E-state index in [9.17, 15) is 5.11 Å². The molecule has 1 unspecified atom stereocenters. The molecule has 1 N–H and O–H groups in total. The van der Waals surface area contributed by atoms with E-state index in [0.29, 0.717) is 11.3 Å². The number of rotatable bonds is 8. The van der Waals surface area contributed by atoms with Crippen molar-refractivity contribution in [3.8, 4) is 39.4 Å². The van der Waals surface area contributed by atoms with E-state index in [1.165, 1.54) is 22.3 Å². The molecule has 0 spiro atoms. The summed E-state index contributed by atoms with van der Waals surface area (Å²) in [7, 11) is 0. The fourth-order valence-corrected chi connectivity index (χ4v) is 7.32. The van der Waals surface area contributed by atoms with Crippen LogP contribution in [0.3, 0.4) is 0 Å². The maximum Gasteiger partial charge on any atom is 0.136 e. The van der Waals surface area contributed by atoms with Crippen molar-refractivity contribution < 1.29 is 26.2 Å². The topological polar surface area (TPSA) is 49.2 Å². The first-order chi connectivity index (χ1) is 27.5. The Morgan fingerprint density at radius 3 is 1.78 bits per heavy atom. The molecule has 7 aromatic rings. The Balaban J connectivity index is 0.00000585. The second-order valence-corrected chi connectivity index (χ2v) is 18.6. The van der Waals surface area contributed by atoms with Gasteiger partial charge in [0.1, 0.15) is 11.6 Å². The van der Waals surface area contributed by atoms with E-state index in [1.54, 1.807) is 6.07 Å². The van der Waals surface area contributed by atoms with E-state index in [4.69, 9.17) is 9.97 Å². The van der Waals surface area contributed by atoms with Crippen LogP contribution < -0.4 is 4.90 Å². The number of phenols is 1. The van der Waals surface area contributed by atoms with Gasteiger partial charge in [-0.25, -0.2) is 4.98 Å². The molecule has 304 valence electrons. The van der Waals surface area contributed by atoms with Crippen LogP contribution in [-0.4, -0.2) is 15.1 Å². The first-order valence-corrected chi connectivity index (χ1v) is 20.4. The third-order valence-corrected chi connectivity index (χ3v) is 11.0. The van der Waals surface area contributed by atoms with Gasteiger partial charge in [0.05, 0.1) is 5.69 Å². The van der Waals surface area contributed by atoms with Crippen LogP contribution >= 0.6 is 0 Å². The smallest absolute Gasteiger partial charge is 0.136 e. The van der Waals surface area contributed by atoms with Gasteiger partial charge in [0.2, 0.25) is 0 Å². The number of benzene rings is 5. The minimum Gasteiger partial charge on any atom is -0.507 e. The summed E-state index contributed by atoms with van der Waals surface area (Å²) in [6.07, 6.45) is 1.85. The molecule has 0 aliphatic carbocycles. The summed E-state index contributed by atoms with van der Waals surface area (Å²) in [5, 5.41) is 11.1. The van der Waals surface area contributed by atoms with Crippen molar-refractivity contribution in [3.05, 3.63) is 180 Å². The Morgan fingerprint density at radius 1 is 0.559 bits per heavy atom. The van der Waals surface area contributed by atoms with Crippen molar-refractivity contribution in [1.82, 2.24) is 9.97 Å². The fourth-order valence-electron chi connectivity index (χ4n) is 7.32. The summed E-state index contributed by atoms with van der Waals surface area (Å²) in [4.78, 5) is 12.5. The maximum absolute atomic E-state index is 11.1. The number of anilines is 3. The minimum atomic E-state index is -0.196. The summed E-state index contributed by atoms with van der Waals surface area (Å²) in [5.74, 6) is 1.21. The van der Waals surface area contributed by atoms with Gasteiger partial charge in [-0.3, -0.25) is 4.98 Å². The van der Waals surface area contributed by atoms with Crippen molar-refractivity contribution in [2.45, 2.75) is 91.4 Å². The minimum absolute atomic E-state index is 0. The van der Waals surface area contributed by atoms with Crippen LogP contribution in [0, 0.1) is 6.07 Å². The summed E-state index contributed by atoms with van der Waals surface area (Å²) in [5.41, 5.74) is 12.8. The van der Waals surface area contributed by atoms with Crippen LogP contribution in [0.5, 0.6) is 5.75 Å². The summed E-state index contributed by atoms with van der Waals surface area (Å²) in [6, 6.07) is 52.5. The average Bonchev–Trinajstić information content (AvgIpc) is 3.20. The van der Waals surface area contributed by atoms with Gasteiger partial charge in [-0.05, 0) is 103 Å². The van der Waals surface area contributed by atoms with E-state index in [2.05, 4.69) is 183 Å². The Morgan fingerprint density at radius 2 is 1.15 bits per heavy atom. The van der Waals surface area contributed by atoms with Crippen LogP contribution in [0.1, 0.15) is 103 Å². The van der Waals surface area contributed by atoms with Gasteiger partial charge < -0.3 is 10.0 Å². The number of para-hydroxylation sites is 1. The predicted octanol–water partition coefficient (Wildman–Crippen LogP) is 14.5. The number of pyridine rings is 2. The van der Waals surface area contributed by atoms with Crippen LogP contribution in [0.15, 0.2) is 146 Å². The van der Waals surface area contributed by atoms with E-state index in [1.807, 2.05) is 36.5 Å². The van der Waals surface area contributed by atoms with Gasteiger partial charge in [0.25, 0.3) is 0 Å². The monoisotopic (exact) mass is 957 g/mol. The molecule has 7 rings (SSSR count). The third-order valence-electron chi connectivity index (χ3n) is 11.0. The van der Waals surface area contributed by atoms with Crippen LogP contribution in [-0.2, 0) is 37.3 Å². The van der Waals surface area contributed by atoms with Gasteiger partial charge in [-0.1, -0.05) is 154 Å². The zero-order valence-corrected chi connectivity index (χ0v) is 38.3. The van der Waals surface area contributed by atoms with Gasteiger partial charge >= 0.3 is 0 Å². The van der Waals surface area contributed by atoms with E-state index in [-0.39, 0.29) is 49.0 Å². The van der Waals surface area contributed by atoms with Crippen molar-refractivity contribution in [2.75, 3.05) is 4.90 Å². The summed E-state index contributed by atoms with van der Waals surface area (Å²) in [6.45, 7) is 22.6. The second kappa shape index (κ2) is 17.1. The Hall–Kier alpha value is -5.31.